The zero-order valence-electron chi connectivity index (χ0n) is 10.3. The second kappa shape index (κ2) is 5.17. The highest BCUT2D eigenvalue weighted by Crippen LogP contribution is 2.26. The Morgan fingerprint density at radius 3 is 3.28 bits per heavy atom. The lowest BCUT2D eigenvalue weighted by atomic mass is 10.1. The largest absolute Gasteiger partial charge is 0.378 e. The average molecular weight is 264 g/mol. The molecule has 1 atom stereocenters. The summed E-state index contributed by atoms with van der Waals surface area (Å²) in [5.74, 6) is 0. The second-order valence-electron chi connectivity index (χ2n) is 4.43. The molecule has 0 unspecified atom stereocenters. The van der Waals surface area contributed by atoms with Crippen molar-refractivity contribution in [1.29, 1.82) is 0 Å². The summed E-state index contributed by atoms with van der Waals surface area (Å²) in [4.78, 5) is 8.07. The first-order valence-electron chi connectivity index (χ1n) is 6.04. The van der Waals surface area contributed by atoms with Crippen LogP contribution in [0.3, 0.4) is 0 Å². The van der Waals surface area contributed by atoms with E-state index >= 15 is 0 Å². The summed E-state index contributed by atoms with van der Waals surface area (Å²) in [6, 6.07) is 2.29. The number of thiazole rings is 1. The van der Waals surface area contributed by atoms with Gasteiger partial charge in [-0.25, -0.2) is 4.98 Å². The maximum absolute atomic E-state index is 5.58. The summed E-state index contributed by atoms with van der Waals surface area (Å²) < 4.78 is 5.58. The van der Waals surface area contributed by atoms with Crippen LogP contribution in [0.5, 0.6) is 0 Å². The van der Waals surface area contributed by atoms with Gasteiger partial charge < -0.3 is 4.74 Å². The Balaban J connectivity index is 1.78. The number of H-pyrrole nitrogens is 1. The molecule has 0 amide bonds. The highest BCUT2D eigenvalue weighted by atomic mass is 32.1. The van der Waals surface area contributed by atoms with Crippen LogP contribution in [0.15, 0.2) is 17.8 Å². The monoisotopic (exact) mass is 264 g/mol. The molecule has 3 heterocycles. The molecule has 2 aromatic heterocycles. The van der Waals surface area contributed by atoms with E-state index in [0.29, 0.717) is 0 Å². The Morgan fingerprint density at radius 1 is 1.61 bits per heavy atom. The van der Waals surface area contributed by atoms with Gasteiger partial charge in [0, 0.05) is 24.2 Å². The summed E-state index contributed by atoms with van der Waals surface area (Å²) in [5, 5.41) is 7.08. The van der Waals surface area contributed by atoms with Crippen LogP contribution in [-0.2, 0) is 11.3 Å². The maximum atomic E-state index is 5.58. The minimum atomic E-state index is 0.266. The van der Waals surface area contributed by atoms with E-state index in [2.05, 4.69) is 27.0 Å². The number of hydrogen-bond acceptors (Lipinski definition) is 5. The third kappa shape index (κ3) is 2.31. The molecule has 1 fully saturated rings. The fourth-order valence-electron chi connectivity index (χ4n) is 2.23. The van der Waals surface area contributed by atoms with Gasteiger partial charge in [-0.05, 0) is 13.0 Å². The van der Waals surface area contributed by atoms with Crippen LogP contribution in [-0.4, -0.2) is 39.8 Å². The molecule has 1 aliphatic heterocycles. The highest BCUT2D eigenvalue weighted by Gasteiger charge is 2.26. The quantitative estimate of drug-likeness (QED) is 0.917. The Morgan fingerprint density at radius 2 is 2.56 bits per heavy atom. The number of nitrogens with one attached hydrogen (secondary N) is 1. The SMILES string of the molecule is Cc1ncsc1CN1CCOC[C@H]1c1ccn[nH]1. The van der Waals surface area contributed by atoms with Gasteiger partial charge in [0.1, 0.15) is 0 Å². The first-order valence-corrected chi connectivity index (χ1v) is 6.92. The average Bonchev–Trinajstić information content (AvgIpc) is 3.03. The smallest absolute Gasteiger partial charge is 0.0798 e. The van der Waals surface area contributed by atoms with E-state index in [0.717, 1.165) is 37.7 Å². The number of rotatable bonds is 3. The summed E-state index contributed by atoms with van der Waals surface area (Å²) >= 11 is 1.72. The maximum Gasteiger partial charge on any atom is 0.0798 e. The van der Waals surface area contributed by atoms with Gasteiger partial charge in [-0.15, -0.1) is 11.3 Å². The molecular weight excluding hydrogens is 248 g/mol. The predicted octanol–water partition coefficient (Wildman–Crippen LogP) is 1.75. The number of hydrogen-bond donors (Lipinski definition) is 1. The van der Waals surface area contributed by atoms with Crippen molar-refractivity contribution in [3.8, 4) is 0 Å². The van der Waals surface area contributed by atoms with Crippen LogP contribution in [0, 0.1) is 6.92 Å². The molecule has 1 saturated heterocycles. The van der Waals surface area contributed by atoms with Crippen molar-refractivity contribution in [3.63, 3.8) is 0 Å². The molecule has 6 heteroatoms. The van der Waals surface area contributed by atoms with E-state index in [9.17, 15) is 0 Å². The normalized spacial score (nSPS) is 21.3. The lowest BCUT2D eigenvalue weighted by Crippen LogP contribution is -2.39. The lowest BCUT2D eigenvalue weighted by molar-refractivity contribution is -0.0139. The van der Waals surface area contributed by atoms with Crippen LogP contribution in [0.1, 0.15) is 22.3 Å². The molecule has 0 aromatic carbocycles. The number of aromatic amines is 1. The summed E-state index contributed by atoms with van der Waals surface area (Å²) in [6.45, 7) is 5.46. The number of aryl methyl sites for hydroxylation is 1. The van der Waals surface area contributed by atoms with Crippen molar-refractivity contribution in [2.24, 2.45) is 0 Å². The zero-order chi connectivity index (χ0) is 12.4. The van der Waals surface area contributed by atoms with Gasteiger partial charge >= 0.3 is 0 Å². The molecule has 0 spiro atoms. The zero-order valence-corrected chi connectivity index (χ0v) is 11.1. The van der Waals surface area contributed by atoms with Crippen molar-refractivity contribution < 1.29 is 4.74 Å². The minimum Gasteiger partial charge on any atom is -0.378 e. The molecule has 0 radical (unpaired) electrons. The lowest BCUT2D eigenvalue weighted by Gasteiger charge is -2.34. The Kier molecular flexibility index (Phi) is 3.40. The van der Waals surface area contributed by atoms with E-state index in [-0.39, 0.29) is 6.04 Å². The van der Waals surface area contributed by atoms with Crippen molar-refractivity contribution in [2.75, 3.05) is 19.8 Å². The summed E-state index contributed by atoms with van der Waals surface area (Å²) in [6.07, 6.45) is 1.79. The fourth-order valence-corrected chi connectivity index (χ4v) is 3.03. The molecule has 1 aliphatic rings. The van der Waals surface area contributed by atoms with E-state index in [1.54, 1.807) is 17.5 Å². The van der Waals surface area contributed by atoms with Gasteiger partial charge in [-0.1, -0.05) is 0 Å². The van der Waals surface area contributed by atoms with Gasteiger partial charge in [0.25, 0.3) is 0 Å². The van der Waals surface area contributed by atoms with Gasteiger partial charge in [-0.2, -0.15) is 5.10 Å². The van der Waals surface area contributed by atoms with Crippen molar-refractivity contribution in [1.82, 2.24) is 20.1 Å². The number of aromatic nitrogens is 3. The molecule has 0 bridgehead atoms. The third-order valence-corrected chi connectivity index (χ3v) is 4.23. The number of ether oxygens (including phenoxy) is 1. The van der Waals surface area contributed by atoms with E-state index in [4.69, 9.17) is 4.74 Å². The van der Waals surface area contributed by atoms with Crippen molar-refractivity contribution in [2.45, 2.75) is 19.5 Å². The van der Waals surface area contributed by atoms with E-state index in [1.807, 2.05) is 11.6 Å². The first-order chi connectivity index (χ1) is 8.84. The Bertz CT molecular complexity index is 496. The molecule has 1 N–H and O–H groups in total. The molecule has 3 rings (SSSR count). The van der Waals surface area contributed by atoms with Gasteiger partial charge in [0.15, 0.2) is 0 Å². The number of nitrogens with zero attached hydrogens (tertiary/aromatic N) is 3. The van der Waals surface area contributed by atoms with Crippen LogP contribution in [0.25, 0.3) is 0 Å². The second-order valence-corrected chi connectivity index (χ2v) is 5.37. The van der Waals surface area contributed by atoms with Gasteiger partial charge in [-0.3, -0.25) is 10.00 Å². The summed E-state index contributed by atoms with van der Waals surface area (Å²) in [5.41, 5.74) is 4.17. The van der Waals surface area contributed by atoms with Gasteiger partial charge in [0.2, 0.25) is 0 Å². The van der Waals surface area contributed by atoms with E-state index in [1.165, 1.54) is 4.88 Å². The standard InChI is InChI=1S/C12H16N4OS/c1-9-12(18-8-13-9)6-16-4-5-17-7-11(16)10-2-3-14-15-10/h2-3,8,11H,4-7H2,1H3,(H,14,15)/t11-/m0/s1. The molecule has 0 saturated carbocycles. The molecule has 18 heavy (non-hydrogen) atoms. The van der Waals surface area contributed by atoms with Crippen molar-refractivity contribution >= 4 is 11.3 Å². The Labute approximate surface area is 110 Å². The Hall–Kier alpha value is -1.24. The fraction of sp³-hybridized carbons (Fsp3) is 0.500. The predicted molar refractivity (Wildman–Crippen MR) is 69.4 cm³/mol. The van der Waals surface area contributed by atoms with Gasteiger partial charge in [0.05, 0.1) is 36.2 Å². The van der Waals surface area contributed by atoms with Crippen LogP contribution in [0.4, 0.5) is 0 Å². The molecule has 5 nitrogen and oxygen atoms in total. The van der Waals surface area contributed by atoms with Crippen LogP contribution in [0.2, 0.25) is 0 Å². The van der Waals surface area contributed by atoms with Crippen molar-refractivity contribution in [3.05, 3.63) is 34.0 Å². The van der Waals surface area contributed by atoms with Crippen LogP contribution >= 0.6 is 11.3 Å². The van der Waals surface area contributed by atoms with E-state index < -0.39 is 0 Å². The first kappa shape index (κ1) is 11.8. The summed E-state index contributed by atoms with van der Waals surface area (Å²) in [7, 11) is 0. The molecular formula is C12H16N4OS. The molecule has 0 aliphatic carbocycles. The van der Waals surface area contributed by atoms with Crippen LogP contribution < -0.4 is 0 Å². The number of morpholine rings is 1. The molecule has 96 valence electrons. The topological polar surface area (TPSA) is 54.0 Å². The minimum absolute atomic E-state index is 0.266. The molecule has 2 aromatic rings. The highest BCUT2D eigenvalue weighted by molar-refractivity contribution is 7.09. The third-order valence-electron chi connectivity index (χ3n) is 3.31.